The van der Waals surface area contributed by atoms with E-state index in [1.165, 1.54) is 57.8 Å². The van der Waals surface area contributed by atoms with Crippen LogP contribution in [0.25, 0.3) is 0 Å². The molecule has 1 saturated heterocycles. The molecule has 6 rings (SSSR count). The fourth-order valence-electron chi connectivity index (χ4n) is 11.1. The maximum atomic E-state index is 10.3. The molecule has 5 aliphatic carbocycles. The van der Waals surface area contributed by atoms with Crippen molar-refractivity contribution in [1.29, 1.82) is 0 Å². The summed E-state index contributed by atoms with van der Waals surface area (Å²) in [6, 6.07) is 0. The highest BCUT2D eigenvalue weighted by atomic mass is 16.5. The van der Waals surface area contributed by atoms with Gasteiger partial charge in [-0.15, -0.1) is 0 Å². The summed E-state index contributed by atoms with van der Waals surface area (Å²) < 4.78 is 6.69. The van der Waals surface area contributed by atoms with Crippen LogP contribution in [0.4, 0.5) is 0 Å². The lowest BCUT2D eigenvalue weighted by Crippen LogP contribution is -2.55. The van der Waals surface area contributed by atoms with Crippen LogP contribution in [0.1, 0.15) is 98.3 Å². The van der Waals surface area contributed by atoms with Crippen LogP contribution in [-0.2, 0) is 4.74 Å². The number of aliphatic hydroxyl groups excluding tert-OH is 1. The van der Waals surface area contributed by atoms with Crippen molar-refractivity contribution >= 4 is 0 Å². The van der Waals surface area contributed by atoms with E-state index in [9.17, 15) is 5.11 Å². The van der Waals surface area contributed by atoms with Gasteiger partial charge in [-0.3, -0.25) is 0 Å². The lowest BCUT2D eigenvalue weighted by molar-refractivity contribution is -0.152. The van der Waals surface area contributed by atoms with E-state index in [-0.39, 0.29) is 11.7 Å². The predicted octanol–water partition coefficient (Wildman–Crippen LogP) is 6.46. The number of hydrogen-bond acceptors (Lipinski definition) is 2. The minimum atomic E-state index is -0.0189. The summed E-state index contributed by atoms with van der Waals surface area (Å²) >= 11 is 0. The van der Waals surface area contributed by atoms with Gasteiger partial charge in [0.1, 0.15) is 0 Å². The van der Waals surface area contributed by atoms with Crippen LogP contribution >= 0.6 is 0 Å². The normalized spacial score (nSPS) is 62.5. The summed E-state index contributed by atoms with van der Waals surface area (Å²) in [5.74, 6) is 6.95. The molecule has 12 atom stereocenters. The first kappa shape index (κ1) is 20.5. The standard InChI is InChI=1S/C28H46O2/c1-17-7-12-28(30-16-17)15-19-13-24-22-6-5-20-14-21(29)8-10-26(20,3)23(22)9-11-27(24,4)25(19)18(28)2/h17-25,29H,5-16H2,1-4H3/t17-,18+,19-,20+,21+,22-,23+,24+,25+,26+,27+,28-/m1/s1. The summed E-state index contributed by atoms with van der Waals surface area (Å²) in [5.41, 5.74) is 1.28. The molecule has 6 fully saturated rings. The van der Waals surface area contributed by atoms with Gasteiger partial charge in [0.15, 0.2) is 0 Å². The fourth-order valence-corrected chi connectivity index (χ4v) is 11.1. The van der Waals surface area contributed by atoms with Gasteiger partial charge in [0.2, 0.25) is 0 Å². The van der Waals surface area contributed by atoms with Crippen molar-refractivity contribution in [3.05, 3.63) is 0 Å². The topological polar surface area (TPSA) is 29.5 Å². The summed E-state index contributed by atoms with van der Waals surface area (Å²) in [6.45, 7) is 11.3. The van der Waals surface area contributed by atoms with Gasteiger partial charge in [-0.05, 0) is 129 Å². The number of aliphatic hydroxyl groups is 1. The van der Waals surface area contributed by atoms with Crippen molar-refractivity contribution in [1.82, 2.24) is 0 Å². The van der Waals surface area contributed by atoms with E-state index in [1.54, 1.807) is 0 Å². The van der Waals surface area contributed by atoms with Gasteiger partial charge in [0, 0.05) is 6.61 Å². The SMILES string of the molecule is C[C@@H]1CC[C@]2(C[C@H]3C[C@H]4[C@@H]5CC[C@H]6C[C@@H](O)CC[C@]6(C)[C@H]5CC[C@]4(C)[C@H]3[C@@H]2C)OC1. The third-order valence-electron chi connectivity index (χ3n) is 12.6. The second kappa shape index (κ2) is 6.72. The molecule has 6 aliphatic rings. The first-order chi connectivity index (χ1) is 14.3. The van der Waals surface area contributed by atoms with Gasteiger partial charge < -0.3 is 9.84 Å². The van der Waals surface area contributed by atoms with Gasteiger partial charge in [0.05, 0.1) is 11.7 Å². The Kier molecular flexibility index (Phi) is 4.60. The summed E-state index contributed by atoms with van der Waals surface area (Å²) in [5, 5.41) is 10.3. The van der Waals surface area contributed by atoms with Crippen LogP contribution in [0.5, 0.6) is 0 Å². The Hall–Kier alpha value is -0.0800. The van der Waals surface area contributed by atoms with Crippen molar-refractivity contribution in [3.8, 4) is 0 Å². The third-order valence-corrected chi connectivity index (χ3v) is 12.6. The number of rotatable bonds is 0. The van der Waals surface area contributed by atoms with Crippen molar-refractivity contribution in [2.45, 2.75) is 110 Å². The molecule has 0 aromatic heterocycles. The number of ether oxygens (including phenoxy) is 1. The van der Waals surface area contributed by atoms with E-state index in [1.807, 2.05) is 0 Å². The zero-order chi connectivity index (χ0) is 20.9. The van der Waals surface area contributed by atoms with Gasteiger partial charge in [-0.25, -0.2) is 0 Å². The Morgan fingerprint density at radius 3 is 2.40 bits per heavy atom. The minimum Gasteiger partial charge on any atom is -0.393 e. The molecule has 2 nitrogen and oxygen atoms in total. The van der Waals surface area contributed by atoms with Crippen molar-refractivity contribution in [3.63, 3.8) is 0 Å². The molecule has 0 bridgehead atoms. The summed E-state index contributed by atoms with van der Waals surface area (Å²) in [4.78, 5) is 0. The second-order valence-corrected chi connectivity index (χ2v) is 13.7. The van der Waals surface area contributed by atoms with Crippen molar-refractivity contribution < 1.29 is 9.84 Å². The van der Waals surface area contributed by atoms with Crippen LogP contribution in [0.2, 0.25) is 0 Å². The van der Waals surface area contributed by atoms with E-state index >= 15 is 0 Å². The van der Waals surface area contributed by atoms with E-state index in [0.717, 1.165) is 66.8 Å². The fraction of sp³-hybridized carbons (Fsp3) is 1.00. The van der Waals surface area contributed by atoms with Crippen molar-refractivity contribution in [2.75, 3.05) is 6.61 Å². The quantitative estimate of drug-likeness (QED) is 0.493. The molecule has 1 aliphatic heterocycles. The maximum absolute atomic E-state index is 10.3. The van der Waals surface area contributed by atoms with Crippen LogP contribution in [-0.4, -0.2) is 23.4 Å². The summed E-state index contributed by atoms with van der Waals surface area (Å²) in [7, 11) is 0. The molecule has 0 amide bonds. The van der Waals surface area contributed by atoms with E-state index in [4.69, 9.17) is 4.74 Å². The van der Waals surface area contributed by atoms with Crippen LogP contribution in [0.3, 0.4) is 0 Å². The summed E-state index contributed by atoms with van der Waals surface area (Å²) in [6.07, 6.45) is 14.7. The van der Waals surface area contributed by atoms with Crippen LogP contribution < -0.4 is 0 Å². The smallest absolute Gasteiger partial charge is 0.0713 e. The molecule has 2 heteroatoms. The second-order valence-electron chi connectivity index (χ2n) is 13.7. The lowest BCUT2D eigenvalue weighted by atomic mass is 9.44. The predicted molar refractivity (Wildman–Crippen MR) is 121 cm³/mol. The molecule has 170 valence electrons. The highest BCUT2D eigenvalue weighted by Crippen LogP contribution is 2.73. The number of hydrogen-bond donors (Lipinski definition) is 1. The molecular formula is C28H46O2. The Labute approximate surface area is 184 Å². The monoisotopic (exact) mass is 414 g/mol. The number of fused-ring (bicyclic) bond motifs is 7. The highest BCUT2D eigenvalue weighted by molar-refractivity contribution is 5.17. The van der Waals surface area contributed by atoms with Gasteiger partial charge in [-0.1, -0.05) is 27.7 Å². The molecule has 0 radical (unpaired) electrons. The Bertz CT molecular complexity index is 680. The molecule has 0 aromatic rings. The molecule has 30 heavy (non-hydrogen) atoms. The molecular weight excluding hydrogens is 368 g/mol. The zero-order valence-corrected chi connectivity index (χ0v) is 20.0. The average Bonchev–Trinajstić information content (AvgIpc) is 3.16. The third kappa shape index (κ3) is 2.62. The largest absolute Gasteiger partial charge is 0.393 e. The van der Waals surface area contributed by atoms with Crippen LogP contribution in [0.15, 0.2) is 0 Å². The van der Waals surface area contributed by atoms with Gasteiger partial charge >= 0.3 is 0 Å². The lowest BCUT2D eigenvalue weighted by Gasteiger charge is -2.61. The Morgan fingerprint density at radius 1 is 0.833 bits per heavy atom. The first-order valence-corrected chi connectivity index (χ1v) is 13.6. The van der Waals surface area contributed by atoms with E-state index in [2.05, 4.69) is 27.7 Å². The zero-order valence-electron chi connectivity index (χ0n) is 20.0. The maximum Gasteiger partial charge on any atom is 0.0713 e. The Morgan fingerprint density at radius 2 is 1.63 bits per heavy atom. The average molecular weight is 415 g/mol. The first-order valence-electron chi connectivity index (χ1n) is 13.6. The molecule has 0 aromatic carbocycles. The molecule has 0 unspecified atom stereocenters. The van der Waals surface area contributed by atoms with Gasteiger partial charge in [0.25, 0.3) is 0 Å². The molecule has 5 saturated carbocycles. The molecule has 1 spiro atoms. The Balaban J connectivity index is 1.26. The molecule has 1 heterocycles. The van der Waals surface area contributed by atoms with Gasteiger partial charge in [-0.2, -0.15) is 0 Å². The highest BCUT2D eigenvalue weighted by Gasteiger charge is 2.68. The molecule has 1 N–H and O–H groups in total. The minimum absolute atomic E-state index is 0.0189. The van der Waals surface area contributed by atoms with Crippen molar-refractivity contribution in [2.24, 2.45) is 58.2 Å². The van der Waals surface area contributed by atoms with E-state index < -0.39 is 0 Å². The van der Waals surface area contributed by atoms with Crippen LogP contribution in [0, 0.1) is 58.2 Å². The van der Waals surface area contributed by atoms with E-state index in [0.29, 0.717) is 10.8 Å².